The number of nitrogen functional groups attached to an aromatic ring is 1. The van der Waals surface area contributed by atoms with Crippen LogP contribution in [0, 0.1) is 19.8 Å². The van der Waals surface area contributed by atoms with Crippen LogP contribution in [0.3, 0.4) is 0 Å². The summed E-state index contributed by atoms with van der Waals surface area (Å²) < 4.78 is 1.67. The van der Waals surface area contributed by atoms with Crippen LogP contribution in [0.5, 0.6) is 0 Å². The number of nitrogens with zero attached hydrogens (tertiary/aromatic N) is 2. The second-order valence-corrected chi connectivity index (χ2v) is 5.20. The van der Waals surface area contributed by atoms with Gasteiger partial charge in [0.25, 0.3) is 0 Å². The second-order valence-electron chi connectivity index (χ2n) is 5.20. The third kappa shape index (κ3) is 3.36. The van der Waals surface area contributed by atoms with Gasteiger partial charge in [0, 0.05) is 6.54 Å². The summed E-state index contributed by atoms with van der Waals surface area (Å²) in [7, 11) is 0. The molecule has 104 valence electrons. The van der Waals surface area contributed by atoms with Crippen molar-refractivity contribution in [3.05, 3.63) is 23.5 Å². The first kappa shape index (κ1) is 13.6. The molecule has 1 amide bonds. The normalized spacial score (nSPS) is 18.5. The first-order chi connectivity index (χ1) is 9.08. The summed E-state index contributed by atoms with van der Waals surface area (Å²) in [6.45, 7) is 4.73. The van der Waals surface area contributed by atoms with Crippen molar-refractivity contribution in [1.29, 1.82) is 0 Å². The van der Waals surface area contributed by atoms with E-state index in [9.17, 15) is 4.79 Å². The highest BCUT2D eigenvalue weighted by molar-refractivity contribution is 5.75. The highest BCUT2D eigenvalue weighted by atomic mass is 16.2. The summed E-state index contributed by atoms with van der Waals surface area (Å²) in [5.74, 6) is 0.569. The number of amides is 1. The number of aryl methyl sites for hydroxylation is 1. The maximum absolute atomic E-state index is 11.9. The summed E-state index contributed by atoms with van der Waals surface area (Å²) in [5.41, 5.74) is 8.15. The van der Waals surface area contributed by atoms with E-state index in [1.165, 1.54) is 0 Å². The molecule has 1 atom stereocenters. The number of aromatic nitrogens is 2. The third-order valence-corrected chi connectivity index (χ3v) is 3.70. The Bertz CT molecular complexity index is 490. The predicted molar refractivity (Wildman–Crippen MR) is 75.6 cm³/mol. The summed E-state index contributed by atoms with van der Waals surface area (Å²) in [5, 5.41) is 7.25. The molecule has 1 aromatic heterocycles. The van der Waals surface area contributed by atoms with Crippen molar-refractivity contribution in [2.45, 2.75) is 39.7 Å². The van der Waals surface area contributed by atoms with Crippen molar-refractivity contribution in [2.24, 2.45) is 5.92 Å². The third-order valence-electron chi connectivity index (χ3n) is 3.70. The molecular weight excluding hydrogens is 240 g/mol. The Morgan fingerprint density at radius 2 is 2.32 bits per heavy atom. The Hall–Kier alpha value is -1.78. The number of nitrogens with one attached hydrogen (secondary N) is 1. The van der Waals surface area contributed by atoms with Crippen LogP contribution in [0.25, 0.3) is 0 Å². The summed E-state index contributed by atoms with van der Waals surface area (Å²) in [4.78, 5) is 11.9. The maximum Gasteiger partial charge on any atom is 0.241 e. The lowest BCUT2D eigenvalue weighted by atomic mass is 9.94. The van der Waals surface area contributed by atoms with Gasteiger partial charge in [-0.3, -0.25) is 9.48 Å². The Kier molecular flexibility index (Phi) is 4.24. The number of carbonyl (C=O) groups excluding carboxylic acids is 1. The average Bonchev–Trinajstić information content (AvgIpc) is 2.65. The van der Waals surface area contributed by atoms with Crippen LogP contribution in [0.4, 0.5) is 5.69 Å². The molecular formula is C14H22N4O. The van der Waals surface area contributed by atoms with Gasteiger partial charge in [0.05, 0.1) is 17.1 Å². The highest BCUT2D eigenvalue weighted by Crippen LogP contribution is 2.17. The monoisotopic (exact) mass is 262 g/mol. The first-order valence-electron chi connectivity index (χ1n) is 6.79. The highest BCUT2D eigenvalue weighted by Gasteiger charge is 2.14. The smallest absolute Gasteiger partial charge is 0.241 e. The first-order valence-corrected chi connectivity index (χ1v) is 6.79. The Morgan fingerprint density at radius 3 is 2.89 bits per heavy atom. The lowest BCUT2D eigenvalue weighted by molar-refractivity contribution is -0.122. The van der Waals surface area contributed by atoms with Crippen molar-refractivity contribution in [1.82, 2.24) is 15.1 Å². The fourth-order valence-electron chi connectivity index (χ4n) is 2.36. The summed E-state index contributed by atoms with van der Waals surface area (Å²) in [6, 6.07) is 0. The van der Waals surface area contributed by atoms with Crippen LogP contribution < -0.4 is 11.1 Å². The molecule has 1 aliphatic rings. The minimum atomic E-state index is 0.000142. The van der Waals surface area contributed by atoms with Crippen molar-refractivity contribution in [2.75, 3.05) is 12.3 Å². The average molecular weight is 262 g/mol. The van der Waals surface area contributed by atoms with Gasteiger partial charge in [-0.05, 0) is 39.0 Å². The molecule has 1 unspecified atom stereocenters. The van der Waals surface area contributed by atoms with E-state index in [0.29, 0.717) is 11.6 Å². The van der Waals surface area contributed by atoms with E-state index >= 15 is 0 Å². The van der Waals surface area contributed by atoms with Gasteiger partial charge in [-0.25, -0.2) is 0 Å². The van der Waals surface area contributed by atoms with Crippen LogP contribution in [0.2, 0.25) is 0 Å². The molecule has 0 spiro atoms. The largest absolute Gasteiger partial charge is 0.396 e. The van der Waals surface area contributed by atoms with Crippen molar-refractivity contribution in [3.8, 4) is 0 Å². The van der Waals surface area contributed by atoms with Gasteiger partial charge in [0.1, 0.15) is 6.54 Å². The minimum Gasteiger partial charge on any atom is -0.396 e. The van der Waals surface area contributed by atoms with Crippen LogP contribution in [0.1, 0.15) is 30.7 Å². The Labute approximate surface area is 113 Å². The van der Waals surface area contributed by atoms with E-state index in [1.54, 1.807) is 4.68 Å². The zero-order valence-corrected chi connectivity index (χ0v) is 11.6. The lowest BCUT2D eigenvalue weighted by Crippen LogP contribution is -2.32. The molecule has 1 heterocycles. The number of anilines is 1. The molecule has 5 nitrogen and oxygen atoms in total. The summed E-state index contributed by atoms with van der Waals surface area (Å²) >= 11 is 0. The van der Waals surface area contributed by atoms with Crippen molar-refractivity contribution >= 4 is 11.6 Å². The SMILES string of the molecule is Cc1nn(CC(=O)NCC2CC=CCC2)c(C)c1N. The van der Waals surface area contributed by atoms with E-state index in [0.717, 1.165) is 37.2 Å². The van der Waals surface area contributed by atoms with E-state index in [4.69, 9.17) is 5.73 Å². The maximum atomic E-state index is 11.9. The zero-order chi connectivity index (χ0) is 13.8. The quantitative estimate of drug-likeness (QED) is 0.809. The molecule has 2 rings (SSSR count). The van der Waals surface area contributed by atoms with Gasteiger partial charge in [-0.1, -0.05) is 12.2 Å². The van der Waals surface area contributed by atoms with E-state index in [-0.39, 0.29) is 12.5 Å². The molecule has 0 saturated carbocycles. The molecule has 0 bridgehead atoms. The minimum absolute atomic E-state index is 0.000142. The van der Waals surface area contributed by atoms with Gasteiger partial charge >= 0.3 is 0 Å². The molecule has 0 saturated heterocycles. The van der Waals surface area contributed by atoms with Crippen molar-refractivity contribution < 1.29 is 4.79 Å². The number of hydrogen-bond acceptors (Lipinski definition) is 3. The van der Waals surface area contributed by atoms with Crippen LogP contribution in [-0.2, 0) is 11.3 Å². The molecule has 0 fully saturated rings. The van der Waals surface area contributed by atoms with Gasteiger partial charge in [0.2, 0.25) is 5.91 Å². The van der Waals surface area contributed by atoms with Gasteiger partial charge in [-0.15, -0.1) is 0 Å². The van der Waals surface area contributed by atoms with E-state index in [1.807, 2.05) is 13.8 Å². The molecule has 1 aromatic rings. The molecule has 0 aliphatic heterocycles. The van der Waals surface area contributed by atoms with Crippen molar-refractivity contribution in [3.63, 3.8) is 0 Å². The fourth-order valence-corrected chi connectivity index (χ4v) is 2.36. The molecule has 5 heteroatoms. The van der Waals surface area contributed by atoms with E-state index < -0.39 is 0 Å². The number of allylic oxidation sites excluding steroid dienone is 2. The number of nitrogens with two attached hydrogens (primary N) is 1. The van der Waals surface area contributed by atoms with Gasteiger partial charge in [-0.2, -0.15) is 5.10 Å². The number of rotatable bonds is 4. The zero-order valence-electron chi connectivity index (χ0n) is 11.6. The predicted octanol–water partition coefficient (Wildman–Crippen LogP) is 1.55. The molecule has 19 heavy (non-hydrogen) atoms. The Morgan fingerprint density at radius 1 is 1.53 bits per heavy atom. The van der Waals surface area contributed by atoms with Gasteiger partial charge < -0.3 is 11.1 Å². The number of carbonyl (C=O) groups is 1. The standard InChI is InChI=1S/C14H22N4O/c1-10-14(15)11(2)18(17-10)9-13(19)16-8-12-6-4-3-5-7-12/h3-4,12H,5-9,15H2,1-2H3,(H,16,19). The van der Waals surface area contributed by atoms with Crippen LogP contribution in [-0.4, -0.2) is 22.2 Å². The van der Waals surface area contributed by atoms with Crippen LogP contribution >= 0.6 is 0 Å². The van der Waals surface area contributed by atoms with Gasteiger partial charge in [0.15, 0.2) is 0 Å². The molecule has 1 aliphatic carbocycles. The second kappa shape index (κ2) is 5.91. The summed E-state index contributed by atoms with van der Waals surface area (Å²) in [6.07, 6.45) is 7.74. The molecule has 0 aromatic carbocycles. The Balaban J connectivity index is 1.83. The van der Waals surface area contributed by atoms with Crippen LogP contribution in [0.15, 0.2) is 12.2 Å². The van der Waals surface area contributed by atoms with E-state index in [2.05, 4.69) is 22.6 Å². The molecule has 3 N–H and O–H groups in total. The lowest BCUT2D eigenvalue weighted by Gasteiger charge is -2.18. The molecule has 0 radical (unpaired) electrons. The number of hydrogen-bond donors (Lipinski definition) is 2. The fraction of sp³-hybridized carbons (Fsp3) is 0.571. The topological polar surface area (TPSA) is 72.9 Å².